The van der Waals surface area contributed by atoms with Crippen molar-refractivity contribution in [2.75, 3.05) is 18.0 Å². The molecule has 0 bridgehead atoms. The summed E-state index contributed by atoms with van der Waals surface area (Å²) in [5.41, 5.74) is 1.70. The first-order valence-corrected chi connectivity index (χ1v) is 7.80. The quantitative estimate of drug-likeness (QED) is 0.912. The normalized spacial score (nSPS) is 19.9. The van der Waals surface area contributed by atoms with E-state index in [-0.39, 0.29) is 0 Å². The van der Waals surface area contributed by atoms with E-state index in [9.17, 15) is 0 Å². The van der Waals surface area contributed by atoms with E-state index >= 15 is 0 Å². The Bertz CT molecular complexity index is 434. The fourth-order valence-corrected chi connectivity index (χ4v) is 2.83. The van der Waals surface area contributed by atoms with E-state index in [0.717, 1.165) is 25.6 Å². The van der Waals surface area contributed by atoms with Gasteiger partial charge < -0.3 is 10.2 Å². The Kier molecular flexibility index (Phi) is 4.69. The van der Waals surface area contributed by atoms with Crippen LogP contribution in [0.25, 0.3) is 0 Å². The Labute approximate surface area is 123 Å². The van der Waals surface area contributed by atoms with Crippen LogP contribution in [0.3, 0.4) is 0 Å². The lowest BCUT2D eigenvalue weighted by Gasteiger charge is -2.27. The third-order valence-electron chi connectivity index (χ3n) is 4.28. The first kappa shape index (κ1) is 15.3. The van der Waals surface area contributed by atoms with Crippen molar-refractivity contribution in [3.63, 3.8) is 0 Å². The van der Waals surface area contributed by atoms with Crippen molar-refractivity contribution in [3.8, 4) is 0 Å². The largest absolute Gasteiger partial charge is 0.356 e. The Morgan fingerprint density at radius 3 is 2.75 bits per heavy atom. The molecule has 2 heterocycles. The Morgan fingerprint density at radius 1 is 1.40 bits per heavy atom. The van der Waals surface area contributed by atoms with Gasteiger partial charge in [-0.1, -0.05) is 40.7 Å². The van der Waals surface area contributed by atoms with Gasteiger partial charge in [0, 0.05) is 37.4 Å². The van der Waals surface area contributed by atoms with Gasteiger partial charge in [0.15, 0.2) is 0 Å². The number of hydrogen-bond donors (Lipinski definition) is 1. The summed E-state index contributed by atoms with van der Waals surface area (Å²) in [7, 11) is 0. The van der Waals surface area contributed by atoms with E-state index in [2.05, 4.69) is 55.9 Å². The predicted octanol–water partition coefficient (Wildman–Crippen LogP) is 3.45. The molecule has 1 aliphatic heterocycles. The number of anilines is 1. The molecule has 0 spiro atoms. The second-order valence-electron chi connectivity index (χ2n) is 7.32. The minimum Gasteiger partial charge on any atom is -0.356 e. The molecule has 0 aromatic carbocycles. The summed E-state index contributed by atoms with van der Waals surface area (Å²) in [5, 5.41) is 3.50. The minimum atomic E-state index is 0.389. The van der Waals surface area contributed by atoms with Crippen molar-refractivity contribution in [3.05, 3.63) is 23.9 Å². The molecule has 3 nitrogen and oxygen atoms in total. The monoisotopic (exact) mass is 275 g/mol. The summed E-state index contributed by atoms with van der Waals surface area (Å²) in [6.45, 7) is 14.6. The van der Waals surface area contributed by atoms with Crippen LogP contribution in [-0.2, 0) is 6.54 Å². The van der Waals surface area contributed by atoms with Crippen molar-refractivity contribution in [1.82, 2.24) is 10.3 Å². The van der Waals surface area contributed by atoms with Crippen molar-refractivity contribution in [2.45, 2.75) is 53.6 Å². The maximum Gasteiger partial charge on any atom is 0.133 e. The summed E-state index contributed by atoms with van der Waals surface area (Å²) in [6, 6.07) is 4.74. The zero-order chi connectivity index (χ0) is 14.8. The van der Waals surface area contributed by atoms with Crippen LogP contribution in [0, 0.1) is 11.3 Å². The SMILES string of the molecule is CC(C)NCc1cccnc1N1CCC(C(C)(C)C)C1. The highest BCUT2D eigenvalue weighted by Gasteiger charge is 2.32. The van der Waals surface area contributed by atoms with Crippen LogP contribution >= 0.6 is 0 Å². The fraction of sp³-hybridized carbons (Fsp3) is 0.706. The predicted molar refractivity (Wildman–Crippen MR) is 86.0 cm³/mol. The van der Waals surface area contributed by atoms with Gasteiger partial charge in [-0.15, -0.1) is 0 Å². The number of aromatic nitrogens is 1. The van der Waals surface area contributed by atoms with Gasteiger partial charge in [-0.2, -0.15) is 0 Å². The van der Waals surface area contributed by atoms with Crippen LogP contribution in [0.5, 0.6) is 0 Å². The first-order chi connectivity index (χ1) is 9.38. The molecule has 1 atom stereocenters. The first-order valence-electron chi connectivity index (χ1n) is 7.80. The highest BCUT2D eigenvalue weighted by Crippen LogP contribution is 2.35. The van der Waals surface area contributed by atoms with Crippen LogP contribution in [0.4, 0.5) is 5.82 Å². The van der Waals surface area contributed by atoms with Crippen molar-refractivity contribution >= 4 is 5.82 Å². The van der Waals surface area contributed by atoms with Crippen molar-refractivity contribution in [2.24, 2.45) is 11.3 Å². The van der Waals surface area contributed by atoms with E-state index in [1.807, 2.05) is 12.3 Å². The molecule has 1 aromatic heterocycles. The Balaban J connectivity index is 2.09. The van der Waals surface area contributed by atoms with Crippen molar-refractivity contribution in [1.29, 1.82) is 0 Å². The molecule has 20 heavy (non-hydrogen) atoms. The second-order valence-corrected chi connectivity index (χ2v) is 7.32. The maximum absolute atomic E-state index is 4.64. The third-order valence-corrected chi connectivity index (χ3v) is 4.28. The van der Waals surface area contributed by atoms with Crippen LogP contribution in [0.15, 0.2) is 18.3 Å². The number of nitrogens with zero attached hydrogens (tertiary/aromatic N) is 2. The smallest absolute Gasteiger partial charge is 0.133 e. The highest BCUT2D eigenvalue weighted by atomic mass is 15.2. The number of hydrogen-bond acceptors (Lipinski definition) is 3. The highest BCUT2D eigenvalue weighted by molar-refractivity contribution is 5.47. The fourth-order valence-electron chi connectivity index (χ4n) is 2.83. The molecule has 1 fully saturated rings. The summed E-state index contributed by atoms with van der Waals surface area (Å²) in [5.74, 6) is 1.93. The van der Waals surface area contributed by atoms with E-state index < -0.39 is 0 Å². The summed E-state index contributed by atoms with van der Waals surface area (Å²) >= 11 is 0. The van der Waals surface area contributed by atoms with Gasteiger partial charge in [-0.25, -0.2) is 4.98 Å². The molecule has 2 rings (SSSR count). The Morgan fingerprint density at radius 2 is 2.15 bits per heavy atom. The van der Waals surface area contributed by atoms with E-state index in [1.54, 1.807) is 0 Å². The van der Waals surface area contributed by atoms with E-state index in [1.165, 1.54) is 17.8 Å². The lowest BCUT2D eigenvalue weighted by molar-refractivity contribution is 0.263. The van der Waals surface area contributed by atoms with Gasteiger partial charge in [-0.3, -0.25) is 0 Å². The standard InChI is InChI=1S/C17H29N3/c1-13(2)19-11-14-7-6-9-18-16(14)20-10-8-15(12-20)17(3,4)5/h6-7,9,13,15,19H,8,10-12H2,1-5H3. The van der Waals surface area contributed by atoms with Gasteiger partial charge in [0.05, 0.1) is 0 Å². The molecular weight excluding hydrogens is 246 g/mol. The third kappa shape index (κ3) is 3.72. The average Bonchev–Trinajstić information content (AvgIpc) is 2.86. The summed E-state index contributed by atoms with van der Waals surface area (Å²) < 4.78 is 0. The summed E-state index contributed by atoms with van der Waals surface area (Å²) in [6.07, 6.45) is 3.19. The van der Waals surface area contributed by atoms with E-state index in [4.69, 9.17) is 0 Å². The van der Waals surface area contributed by atoms with E-state index in [0.29, 0.717) is 11.5 Å². The molecule has 3 heteroatoms. The zero-order valence-corrected chi connectivity index (χ0v) is 13.6. The van der Waals surface area contributed by atoms with Crippen LogP contribution in [0.2, 0.25) is 0 Å². The van der Waals surface area contributed by atoms with Gasteiger partial charge in [0.25, 0.3) is 0 Å². The Hall–Kier alpha value is -1.09. The van der Waals surface area contributed by atoms with Crippen molar-refractivity contribution < 1.29 is 0 Å². The lowest BCUT2D eigenvalue weighted by Crippen LogP contribution is -2.28. The molecule has 112 valence electrons. The van der Waals surface area contributed by atoms with Gasteiger partial charge in [0.2, 0.25) is 0 Å². The number of rotatable bonds is 4. The number of pyridine rings is 1. The summed E-state index contributed by atoms with van der Waals surface area (Å²) in [4.78, 5) is 7.11. The van der Waals surface area contributed by atoms with Crippen LogP contribution in [0.1, 0.15) is 46.6 Å². The average molecular weight is 275 g/mol. The molecule has 1 aliphatic rings. The van der Waals surface area contributed by atoms with Gasteiger partial charge in [-0.05, 0) is 23.8 Å². The van der Waals surface area contributed by atoms with Crippen LogP contribution < -0.4 is 10.2 Å². The zero-order valence-electron chi connectivity index (χ0n) is 13.6. The molecule has 0 aliphatic carbocycles. The maximum atomic E-state index is 4.64. The molecule has 0 amide bonds. The minimum absolute atomic E-state index is 0.389. The molecule has 1 N–H and O–H groups in total. The molecule has 0 radical (unpaired) electrons. The lowest BCUT2D eigenvalue weighted by atomic mass is 9.80. The molecule has 1 saturated heterocycles. The molecule has 1 unspecified atom stereocenters. The molecular formula is C17H29N3. The van der Waals surface area contributed by atoms with Gasteiger partial charge >= 0.3 is 0 Å². The molecule has 0 saturated carbocycles. The topological polar surface area (TPSA) is 28.2 Å². The van der Waals surface area contributed by atoms with Crippen LogP contribution in [-0.4, -0.2) is 24.1 Å². The molecule has 1 aromatic rings. The van der Waals surface area contributed by atoms with Gasteiger partial charge in [0.1, 0.15) is 5.82 Å². The number of nitrogens with one attached hydrogen (secondary N) is 1. The second kappa shape index (κ2) is 6.13.